The molecule has 0 radical (unpaired) electrons. The van der Waals surface area contributed by atoms with Gasteiger partial charge in [0.15, 0.2) is 0 Å². The van der Waals surface area contributed by atoms with Gasteiger partial charge in [-0.05, 0) is 68.4 Å². The average molecular weight is 397 g/mol. The minimum Gasteiger partial charge on any atom is -0.494 e. The van der Waals surface area contributed by atoms with Gasteiger partial charge in [-0.3, -0.25) is 4.79 Å². The molecule has 26 heavy (non-hydrogen) atoms. The highest BCUT2D eigenvalue weighted by Gasteiger charge is 2.11. The van der Waals surface area contributed by atoms with Gasteiger partial charge in [0, 0.05) is 17.1 Å². The number of benzene rings is 2. The van der Waals surface area contributed by atoms with E-state index in [2.05, 4.69) is 10.0 Å². The summed E-state index contributed by atoms with van der Waals surface area (Å²) in [5.41, 5.74) is 1.48. The Morgan fingerprint density at radius 3 is 2.46 bits per heavy atom. The van der Waals surface area contributed by atoms with Crippen molar-refractivity contribution in [3.05, 3.63) is 53.1 Å². The number of hydrogen-bond acceptors (Lipinski definition) is 4. The molecule has 2 aromatic carbocycles. The van der Waals surface area contributed by atoms with Crippen LogP contribution >= 0.6 is 11.6 Å². The summed E-state index contributed by atoms with van der Waals surface area (Å²) in [6, 6.07) is 11.4. The lowest BCUT2D eigenvalue weighted by Gasteiger charge is -2.09. The van der Waals surface area contributed by atoms with Crippen LogP contribution in [0.25, 0.3) is 0 Å². The Morgan fingerprint density at radius 2 is 1.85 bits per heavy atom. The van der Waals surface area contributed by atoms with Crippen LogP contribution in [0, 0.1) is 6.92 Å². The van der Waals surface area contributed by atoms with E-state index < -0.39 is 10.0 Å². The SMILES string of the molecule is CNS(=O)(=O)c1ccc(NC(=O)CCCOc2ccc(Cl)c(C)c2)cc1. The van der Waals surface area contributed by atoms with Crippen molar-refractivity contribution in [2.45, 2.75) is 24.7 Å². The highest BCUT2D eigenvalue weighted by molar-refractivity contribution is 7.89. The Hall–Kier alpha value is -2.09. The zero-order valence-corrected chi connectivity index (χ0v) is 16.2. The first kappa shape index (κ1) is 20.2. The number of ether oxygens (including phenoxy) is 1. The van der Waals surface area contributed by atoms with Crippen molar-refractivity contribution in [3.63, 3.8) is 0 Å². The molecule has 0 heterocycles. The van der Waals surface area contributed by atoms with Gasteiger partial charge in [0.05, 0.1) is 11.5 Å². The Bertz CT molecular complexity index is 867. The van der Waals surface area contributed by atoms with E-state index in [1.54, 1.807) is 24.3 Å². The van der Waals surface area contributed by atoms with Gasteiger partial charge in [-0.2, -0.15) is 0 Å². The third-order valence-corrected chi connectivity index (χ3v) is 5.52. The number of rotatable bonds is 8. The minimum atomic E-state index is -3.48. The van der Waals surface area contributed by atoms with Crippen molar-refractivity contribution in [3.8, 4) is 5.75 Å². The summed E-state index contributed by atoms with van der Waals surface area (Å²) in [4.78, 5) is 12.1. The first-order valence-electron chi connectivity index (χ1n) is 8.04. The van der Waals surface area contributed by atoms with Crippen molar-refractivity contribution in [2.75, 3.05) is 19.0 Å². The quantitative estimate of drug-likeness (QED) is 0.670. The molecule has 0 fully saturated rings. The second-order valence-electron chi connectivity index (χ2n) is 5.64. The van der Waals surface area contributed by atoms with Crippen molar-refractivity contribution in [1.29, 1.82) is 0 Å². The molecule has 0 aromatic heterocycles. The van der Waals surface area contributed by atoms with Crippen molar-refractivity contribution < 1.29 is 17.9 Å². The van der Waals surface area contributed by atoms with Gasteiger partial charge in [0.1, 0.15) is 5.75 Å². The summed E-state index contributed by atoms with van der Waals surface area (Å²) in [5.74, 6) is 0.554. The maximum absolute atomic E-state index is 11.9. The molecule has 0 aliphatic carbocycles. The van der Waals surface area contributed by atoms with Gasteiger partial charge in [0.2, 0.25) is 15.9 Å². The number of carbonyl (C=O) groups excluding carboxylic acids is 1. The highest BCUT2D eigenvalue weighted by atomic mass is 35.5. The fraction of sp³-hybridized carbons (Fsp3) is 0.278. The molecular formula is C18H21ClN2O4S. The molecule has 0 spiro atoms. The molecule has 8 heteroatoms. The van der Waals surface area contributed by atoms with E-state index in [4.69, 9.17) is 16.3 Å². The summed E-state index contributed by atoms with van der Waals surface area (Å²) in [7, 11) is -2.14. The van der Waals surface area contributed by atoms with E-state index in [-0.39, 0.29) is 10.8 Å². The molecule has 140 valence electrons. The summed E-state index contributed by atoms with van der Waals surface area (Å²) in [6.07, 6.45) is 0.850. The van der Waals surface area contributed by atoms with Crippen LogP contribution in [0.5, 0.6) is 5.75 Å². The summed E-state index contributed by atoms with van der Waals surface area (Å²) in [6.45, 7) is 2.31. The third-order valence-electron chi connectivity index (χ3n) is 3.66. The van der Waals surface area contributed by atoms with Crippen LogP contribution in [0.15, 0.2) is 47.4 Å². The number of anilines is 1. The second kappa shape index (κ2) is 9.02. The predicted octanol–water partition coefficient (Wildman–Crippen LogP) is 3.35. The number of amides is 1. The Labute approximate surface area is 158 Å². The number of sulfonamides is 1. The maximum atomic E-state index is 11.9. The monoisotopic (exact) mass is 396 g/mol. The van der Waals surface area contributed by atoms with E-state index >= 15 is 0 Å². The fourth-order valence-electron chi connectivity index (χ4n) is 2.19. The standard InChI is InChI=1S/C18H21ClN2O4S/c1-13-12-15(7-10-17(13)19)25-11-3-4-18(22)21-14-5-8-16(9-6-14)26(23,24)20-2/h5-10,12,20H,3-4,11H2,1-2H3,(H,21,22). The van der Waals surface area contributed by atoms with E-state index in [1.165, 1.54) is 19.2 Å². The normalized spacial score (nSPS) is 11.2. The lowest BCUT2D eigenvalue weighted by molar-refractivity contribution is -0.116. The predicted molar refractivity (Wildman–Crippen MR) is 102 cm³/mol. The summed E-state index contributed by atoms with van der Waals surface area (Å²) >= 11 is 5.96. The summed E-state index contributed by atoms with van der Waals surface area (Å²) in [5, 5.41) is 3.41. The van der Waals surface area contributed by atoms with Crippen molar-refractivity contribution in [1.82, 2.24) is 4.72 Å². The molecule has 0 saturated carbocycles. The number of nitrogens with one attached hydrogen (secondary N) is 2. The minimum absolute atomic E-state index is 0.143. The van der Waals surface area contributed by atoms with Crippen LogP contribution in [0.1, 0.15) is 18.4 Å². The third kappa shape index (κ3) is 5.72. The number of hydrogen-bond donors (Lipinski definition) is 2. The topological polar surface area (TPSA) is 84.5 Å². The van der Waals surface area contributed by atoms with E-state index in [1.807, 2.05) is 13.0 Å². The molecule has 2 N–H and O–H groups in total. The van der Waals surface area contributed by atoms with Crippen LogP contribution in [0.2, 0.25) is 5.02 Å². The summed E-state index contributed by atoms with van der Waals surface area (Å²) < 4.78 is 31.1. The van der Waals surface area contributed by atoms with Crippen LogP contribution in [-0.4, -0.2) is 28.0 Å². The van der Waals surface area contributed by atoms with E-state index in [9.17, 15) is 13.2 Å². The van der Waals surface area contributed by atoms with Crippen LogP contribution in [-0.2, 0) is 14.8 Å². The van der Waals surface area contributed by atoms with E-state index in [0.29, 0.717) is 35.9 Å². The first-order chi connectivity index (χ1) is 12.3. The molecule has 2 rings (SSSR count). The molecule has 2 aromatic rings. The molecule has 0 saturated heterocycles. The number of carbonyl (C=O) groups is 1. The second-order valence-corrected chi connectivity index (χ2v) is 7.94. The zero-order chi connectivity index (χ0) is 19.2. The lowest BCUT2D eigenvalue weighted by atomic mass is 10.2. The molecule has 6 nitrogen and oxygen atoms in total. The van der Waals surface area contributed by atoms with E-state index in [0.717, 1.165) is 5.56 Å². The van der Waals surface area contributed by atoms with Crippen LogP contribution in [0.3, 0.4) is 0 Å². The van der Waals surface area contributed by atoms with Crippen LogP contribution in [0.4, 0.5) is 5.69 Å². The largest absolute Gasteiger partial charge is 0.494 e. The molecule has 1 amide bonds. The van der Waals surface area contributed by atoms with Gasteiger partial charge in [-0.1, -0.05) is 11.6 Å². The average Bonchev–Trinajstić information content (AvgIpc) is 2.62. The fourth-order valence-corrected chi connectivity index (χ4v) is 3.04. The molecule has 0 bridgehead atoms. The van der Waals surface area contributed by atoms with Gasteiger partial charge in [0.25, 0.3) is 0 Å². The van der Waals surface area contributed by atoms with Gasteiger partial charge < -0.3 is 10.1 Å². The molecular weight excluding hydrogens is 376 g/mol. The van der Waals surface area contributed by atoms with Gasteiger partial charge in [-0.25, -0.2) is 13.1 Å². The van der Waals surface area contributed by atoms with Crippen molar-refractivity contribution in [2.24, 2.45) is 0 Å². The zero-order valence-electron chi connectivity index (χ0n) is 14.6. The Balaban J connectivity index is 1.77. The number of aryl methyl sites for hydroxylation is 1. The Morgan fingerprint density at radius 1 is 1.15 bits per heavy atom. The highest BCUT2D eigenvalue weighted by Crippen LogP contribution is 2.21. The molecule has 0 aliphatic rings. The van der Waals surface area contributed by atoms with Gasteiger partial charge in [-0.15, -0.1) is 0 Å². The lowest BCUT2D eigenvalue weighted by Crippen LogP contribution is -2.18. The number of halogens is 1. The smallest absolute Gasteiger partial charge is 0.240 e. The molecule has 0 atom stereocenters. The maximum Gasteiger partial charge on any atom is 0.240 e. The first-order valence-corrected chi connectivity index (χ1v) is 9.90. The van der Waals surface area contributed by atoms with Crippen LogP contribution < -0.4 is 14.8 Å². The molecule has 0 unspecified atom stereocenters. The molecule has 0 aliphatic heterocycles. The van der Waals surface area contributed by atoms with Gasteiger partial charge >= 0.3 is 0 Å². The Kier molecular flexibility index (Phi) is 7.02. The van der Waals surface area contributed by atoms with Crippen molar-refractivity contribution >= 4 is 33.2 Å².